The van der Waals surface area contributed by atoms with Gasteiger partial charge in [0.1, 0.15) is 0 Å². The molecule has 0 aromatic rings. The Morgan fingerprint density at radius 3 is 1.56 bits per heavy atom. The topological polar surface area (TPSA) is 52.6 Å². The number of carbonyl (C=O) groups is 2. The molecule has 2 unspecified atom stereocenters. The Morgan fingerprint density at radius 1 is 0.688 bits per heavy atom. The van der Waals surface area contributed by atoms with Crippen LogP contribution in [0.25, 0.3) is 0 Å². The van der Waals surface area contributed by atoms with E-state index >= 15 is 0 Å². The molecule has 0 saturated carbocycles. The lowest BCUT2D eigenvalue weighted by Gasteiger charge is -2.19. The monoisotopic (exact) mass is 450 g/mol. The maximum absolute atomic E-state index is 12.6. The van der Waals surface area contributed by atoms with Crippen LogP contribution in [-0.4, -0.2) is 25.2 Å². The van der Waals surface area contributed by atoms with E-state index in [0.29, 0.717) is 19.6 Å². The first-order valence-corrected chi connectivity index (χ1v) is 13.6. The lowest BCUT2D eigenvalue weighted by atomic mass is 9.92. The molecule has 1 aliphatic carbocycles. The second-order valence-electron chi connectivity index (χ2n) is 9.55. The van der Waals surface area contributed by atoms with Gasteiger partial charge in [-0.15, -0.1) is 0 Å². The van der Waals surface area contributed by atoms with Gasteiger partial charge in [-0.3, -0.25) is 9.59 Å². The summed E-state index contributed by atoms with van der Waals surface area (Å²) >= 11 is 0. The smallest absolute Gasteiger partial charge is 0.313 e. The van der Waals surface area contributed by atoms with Gasteiger partial charge in [0, 0.05) is 0 Å². The van der Waals surface area contributed by atoms with Gasteiger partial charge in [0.2, 0.25) is 0 Å². The summed E-state index contributed by atoms with van der Waals surface area (Å²) in [6.45, 7) is 7.31. The van der Waals surface area contributed by atoms with Gasteiger partial charge in [0.15, 0.2) is 0 Å². The van der Waals surface area contributed by atoms with Gasteiger partial charge >= 0.3 is 11.9 Å². The number of unbranched alkanes of at least 4 members (excludes halogenated alkanes) is 14. The van der Waals surface area contributed by atoms with Gasteiger partial charge in [-0.1, -0.05) is 115 Å². The molecule has 0 amide bonds. The van der Waals surface area contributed by atoms with Crippen molar-refractivity contribution in [1.82, 2.24) is 0 Å². The quantitative estimate of drug-likeness (QED) is 0.107. The van der Waals surface area contributed by atoms with Crippen molar-refractivity contribution >= 4 is 11.9 Å². The summed E-state index contributed by atoms with van der Waals surface area (Å²) in [6, 6.07) is 0. The summed E-state index contributed by atoms with van der Waals surface area (Å²) in [4.78, 5) is 25.2. The van der Waals surface area contributed by atoms with Crippen LogP contribution in [-0.2, 0) is 19.1 Å². The van der Waals surface area contributed by atoms with E-state index in [-0.39, 0.29) is 11.9 Å². The van der Waals surface area contributed by atoms with Gasteiger partial charge in [0.25, 0.3) is 0 Å². The average molecular weight is 451 g/mol. The average Bonchev–Trinajstić information content (AvgIpc) is 3.18. The summed E-state index contributed by atoms with van der Waals surface area (Å²) in [5.74, 6) is -1.37. The van der Waals surface area contributed by atoms with E-state index in [1.165, 1.54) is 77.0 Å². The highest BCUT2D eigenvalue weighted by molar-refractivity contribution is 5.85. The Kier molecular flexibility index (Phi) is 17.2. The maximum Gasteiger partial charge on any atom is 0.313 e. The van der Waals surface area contributed by atoms with Crippen LogP contribution in [0.4, 0.5) is 0 Å². The molecule has 0 aromatic carbocycles. The Labute approximate surface area is 197 Å². The first kappa shape index (κ1) is 28.7. The molecular weight excluding hydrogens is 400 g/mol. The Bertz CT molecular complexity index is 526. The molecule has 1 aliphatic rings. The molecule has 0 heterocycles. The van der Waals surface area contributed by atoms with Crippen LogP contribution >= 0.6 is 0 Å². The number of ether oxygens (including phenoxy) is 2. The first-order valence-electron chi connectivity index (χ1n) is 13.6. The fourth-order valence-corrected chi connectivity index (χ4v) is 4.49. The third kappa shape index (κ3) is 12.6. The fraction of sp³-hybridized carbons (Fsp3) is 0.857. The molecule has 186 valence electrons. The third-order valence-electron chi connectivity index (χ3n) is 6.63. The van der Waals surface area contributed by atoms with Crippen molar-refractivity contribution < 1.29 is 19.1 Å². The molecule has 2 atom stereocenters. The molecule has 4 heteroatoms. The molecule has 0 aliphatic heterocycles. The summed E-state index contributed by atoms with van der Waals surface area (Å²) in [5, 5.41) is 0. The SMILES string of the molecule is CCCCCCCCCCOC(=O)C1CC=C(C)C1C(=O)OCCCCCCCCCC. The van der Waals surface area contributed by atoms with Crippen LogP contribution < -0.4 is 0 Å². The number of allylic oxidation sites excluding steroid dienone is 1. The van der Waals surface area contributed by atoms with Crippen molar-refractivity contribution in [3.63, 3.8) is 0 Å². The minimum atomic E-state index is -0.463. The lowest BCUT2D eigenvalue weighted by molar-refractivity contribution is -0.158. The number of hydrogen-bond acceptors (Lipinski definition) is 4. The molecule has 0 saturated heterocycles. The van der Waals surface area contributed by atoms with E-state index in [0.717, 1.165) is 31.3 Å². The third-order valence-corrected chi connectivity index (χ3v) is 6.63. The Balaban J connectivity index is 2.17. The molecular formula is C28H50O4. The van der Waals surface area contributed by atoms with Crippen LogP contribution in [0.2, 0.25) is 0 Å². The minimum Gasteiger partial charge on any atom is -0.465 e. The van der Waals surface area contributed by atoms with Crippen LogP contribution in [0.15, 0.2) is 11.6 Å². The van der Waals surface area contributed by atoms with E-state index in [4.69, 9.17) is 9.47 Å². The Morgan fingerprint density at radius 2 is 1.09 bits per heavy atom. The molecule has 32 heavy (non-hydrogen) atoms. The van der Waals surface area contributed by atoms with E-state index in [2.05, 4.69) is 13.8 Å². The minimum absolute atomic E-state index is 0.241. The molecule has 0 aromatic heterocycles. The first-order chi connectivity index (χ1) is 15.6. The van der Waals surface area contributed by atoms with Crippen molar-refractivity contribution in [2.75, 3.05) is 13.2 Å². The van der Waals surface area contributed by atoms with Gasteiger partial charge in [-0.25, -0.2) is 0 Å². The summed E-state index contributed by atoms with van der Waals surface area (Å²) < 4.78 is 11.0. The van der Waals surface area contributed by atoms with Crippen molar-refractivity contribution in [3.05, 3.63) is 11.6 Å². The summed E-state index contributed by atoms with van der Waals surface area (Å²) in [6.07, 6.45) is 22.0. The molecule has 0 fully saturated rings. The van der Waals surface area contributed by atoms with E-state index in [1.54, 1.807) is 0 Å². The fourth-order valence-electron chi connectivity index (χ4n) is 4.49. The highest BCUT2D eigenvalue weighted by Gasteiger charge is 2.40. The summed E-state index contributed by atoms with van der Waals surface area (Å²) in [7, 11) is 0. The van der Waals surface area contributed by atoms with Crippen LogP contribution in [0.1, 0.15) is 130 Å². The van der Waals surface area contributed by atoms with E-state index < -0.39 is 11.8 Å². The molecule has 0 bridgehead atoms. The molecule has 0 spiro atoms. The highest BCUT2D eigenvalue weighted by Crippen LogP contribution is 2.33. The molecule has 1 rings (SSSR count). The molecule has 0 N–H and O–H groups in total. The number of carbonyl (C=O) groups excluding carboxylic acids is 2. The number of rotatable bonds is 20. The van der Waals surface area contributed by atoms with Crippen LogP contribution in [0.3, 0.4) is 0 Å². The normalized spacial score (nSPS) is 17.9. The zero-order chi connectivity index (χ0) is 23.4. The predicted molar refractivity (Wildman–Crippen MR) is 132 cm³/mol. The summed E-state index contributed by atoms with van der Waals surface area (Å²) in [5.41, 5.74) is 0.944. The van der Waals surface area contributed by atoms with Gasteiger partial charge in [-0.05, 0) is 26.2 Å². The molecule has 0 radical (unpaired) electrons. The Hall–Kier alpha value is -1.32. The van der Waals surface area contributed by atoms with Crippen molar-refractivity contribution in [1.29, 1.82) is 0 Å². The number of esters is 2. The van der Waals surface area contributed by atoms with Gasteiger partial charge in [0.05, 0.1) is 25.0 Å². The van der Waals surface area contributed by atoms with Gasteiger partial charge < -0.3 is 9.47 Å². The number of hydrogen-bond donors (Lipinski definition) is 0. The second-order valence-corrected chi connectivity index (χ2v) is 9.55. The maximum atomic E-state index is 12.6. The largest absolute Gasteiger partial charge is 0.465 e. The standard InChI is InChI=1S/C28H50O4/c1-4-6-8-10-12-14-16-18-22-31-27(29)25-21-20-24(3)26(25)28(30)32-23-19-17-15-13-11-9-7-5-2/h20,25-26H,4-19,21-23H2,1-3H3. The predicted octanol–water partition coefficient (Wildman–Crippen LogP) is 7.94. The second kappa shape index (κ2) is 19.2. The highest BCUT2D eigenvalue weighted by atomic mass is 16.5. The van der Waals surface area contributed by atoms with Gasteiger partial charge in [-0.2, -0.15) is 0 Å². The van der Waals surface area contributed by atoms with Crippen LogP contribution in [0.5, 0.6) is 0 Å². The lowest BCUT2D eigenvalue weighted by Crippen LogP contribution is -2.30. The zero-order valence-electron chi connectivity index (χ0n) is 21.3. The zero-order valence-corrected chi connectivity index (χ0v) is 21.3. The van der Waals surface area contributed by atoms with Crippen LogP contribution in [0, 0.1) is 11.8 Å². The van der Waals surface area contributed by atoms with Crippen molar-refractivity contribution in [2.24, 2.45) is 11.8 Å². The molecule has 4 nitrogen and oxygen atoms in total. The van der Waals surface area contributed by atoms with Crippen molar-refractivity contribution in [2.45, 2.75) is 130 Å². The van der Waals surface area contributed by atoms with Crippen molar-refractivity contribution in [3.8, 4) is 0 Å². The van der Waals surface area contributed by atoms with E-state index in [9.17, 15) is 9.59 Å². The van der Waals surface area contributed by atoms with E-state index in [1.807, 2.05) is 13.0 Å².